The van der Waals surface area contributed by atoms with E-state index in [4.69, 9.17) is 0 Å². The van der Waals surface area contributed by atoms with Crippen molar-refractivity contribution in [1.29, 1.82) is 0 Å². The van der Waals surface area contributed by atoms with Crippen molar-refractivity contribution >= 4 is 5.97 Å². The highest BCUT2D eigenvalue weighted by molar-refractivity contribution is 5.79. The van der Waals surface area contributed by atoms with Crippen LogP contribution in [0.1, 0.15) is 78.5 Å². The molecule has 0 radical (unpaired) electrons. The van der Waals surface area contributed by atoms with Crippen molar-refractivity contribution in [2.24, 2.45) is 0 Å². The quantitative estimate of drug-likeness (QED) is 0.736. The Morgan fingerprint density at radius 3 is 1.70 bits per heavy atom. The number of phenolic OH excluding ortho intramolecular Hbond substituents is 1. The third-order valence-corrected chi connectivity index (χ3v) is 3.76. The summed E-state index contributed by atoms with van der Waals surface area (Å²) in [6, 6.07) is 3.65. The maximum Gasteiger partial charge on any atom is 0.314 e. The summed E-state index contributed by atoms with van der Waals surface area (Å²) in [4.78, 5) is 11.6. The van der Waals surface area contributed by atoms with Crippen molar-refractivity contribution in [2.45, 2.75) is 72.6 Å². The van der Waals surface area contributed by atoms with Crippen LogP contribution in [0.2, 0.25) is 0 Å². The molecule has 0 aromatic heterocycles. The Morgan fingerprint density at radius 1 is 1.04 bits per heavy atom. The predicted molar refractivity (Wildman–Crippen MR) is 97.4 cm³/mol. The molecule has 2 N–H and O–H groups in total. The van der Waals surface area contributed by atoms with Gasteiger partial charge in [-0.2, -0.15) is 0 Å². The summed E-state index contributed by atoms with van der Waals surface area (Å²) in [6.45, 7) is 13.9. The van der Waals surface area contributed by atoms with Crippen LogP contribution in [0.5, 0.6) is 5.75 Å². The number of carboxylic acid groups (broad SMARTS) is 1. The summed E-state index contributed by atoms with van der Waals surface area (Å²) < 4.78 is 0. The second-order valence-corrected chi connectivity index (χ2v) is 7.81. The van der Waals surface area contributed by atoms with Gasteiger partial charge in [0.25, 0.3) is 0 Å². The van der Waals surface area contributed by atoms with Crippen molar-refractivity contribution in [1.82, 2.24) is 0 Å². The molecule has 0 heterocycles. The van der Waals surface area contributed by atoms with Gasteiger partial charge in [-0.25, -0.2) is 0 Å². The predicted octanol–water partition coefficient (Wildman–Crippen LogP) is 5.37. The fraction of sp³-hybridized carbons (Fsp3) is 0.550. The molecular weight excluding hydrogens is 288 g/mol. The summed E-state index contributed by atoms with van der Waals surface area (Å²) in [6.07, 6.45) is 3.42. The number of allylic oxidation sites excluding steroid dienone is 1. The highest BCUT2D eigenvalue weighted by atomic mass is 16.4. The zero-order valence-corrected chi connectivity index (χ0v) is 14.7. The standard InChI is InChI=1S/C19H28O3.CH4/c1-8-9-13(17(21)22)12-10-14(18(2,3)4)16(20)15(11-12)19(5,6)7;/h8-11,13,20H,1-7H3,(H,21,22);1H4. The lowest BCUT2D eigenvalue weighted by molar-refractivity contribution is -0.137. The summed E-state index contributed by atoms with van der Waals surface area (Å²) in [5.74, 6) is -1.32. The molecule has 1 aromatic carbocycles. The molecular formula is C20H32O3. The molecule has 3 nitrogen and oxygen atoms in total. The second-order valence-electron chi connectivity index (χ2n) is 7.81. The monoisotopic (exact) mass is 320 g/mol. The van der Waals surface area contributed by atoms with E-state index in [1.54, 1.807) is 12.2 Å². The Labute approximate surface area is 141 Å². The van der Waals surface area contributed by atoms with Gasteiger partial charge in [-0.1, -0.05) is 73.3 Å². The Hall–Kier alpha value is -1.77. The number of phenols is 1. The Kier molecular flexibility index (Phi) is 6.65. The van der Waals surface area contributed by atoms with E-state index in [9.17, 15) is 15.0 Å². The van der Waals surface area contributed by atoms with Crippen LogP contribution in [0.15, 0.2) is 24.3 Å². The third kappa shape index (κ3) is 4.85. The highest BCUT2D eigenvalue weighted by Gasteiger charge is 2.29. The van der Waals surface area contributed by atoms with E-state index in [2.05, 4.69) is 0 Å². The van der Waals surface area contributed by atoms with E-state index in [0.717, 1.165) is 11.1 Å². The van der Waals surface area contributed by atoms with Gasteiger partial charge in [0.2, 0.25) is 0 Å². The van der Waals surface area contributed by atoms with Gasteiger partial charge in [0.05, 0.1) is 5.92 Å². The molecule has 0 spiro atoms. The minimum atomic E-state index is -0.886. The number of hydrogen-bond acceptors (Lipinski definition) is 2. The van der Waals surface area contributed by atoms with Crippen LogP contribution < -0.4 is 0 Å². The summed E-state index contributed by atoms with van der Waals surface area (Å²) in [7, 11) is 0. The van der Waals surface area contributed by atoms with E-state index >= 15 is 0 Å². The van der Waals surface area contributed by atoms with E-state index in [-0.39, 0.29) is 24.0 Å². The van der Waals surface area contributed by atoms with Crippen LogP contribution in [-0.2, 0) is 15.6 Å². The zero-order valence-electron chi connectivity index (χ0n) is 14.7. The van der Waals surface area contributed by atoms with Gasteiger partial charge < -0.3 is 10.2 Å². The van der Waals surface area contributed by atoms with E-state index in [1.807, 2.05) is 60.6 Å². The van der Waals surface area contributed by atoms with Gasteiger partial charge >= 0.3 is 5.97 Å². The van der Waals surface area contributed by atoms with Gasteiger partial charge in [-0.05, 0) is 34.4 Å². The summed E-state index contributed by atoms with van der Waals surface area (Å²) in [5.41, 5.74) is 1.74. The molecule has 1 rings (SSSR count). The van der Waals surface area contributed by atoms with E-state index in [1.165, 1.54) is 0 Å². The van der Waals surface area contributed by atoms with E-state index < -0.39 is 11.9 Å². The molecule has 0 aliphatic heterocycles. The normalized spacial score (nSPS) is 13.7. The summed E-state index contributed by atoms with van der Waals surface area (Å²) in [5, 5.41) is 20.2. The molecule has 0 aliphatic rings. The molecule has 3 heteroatoms. The second kappa shape index (κ2) is 7.20. The Bertz CT molecular complexity index is 549. The van der Waals surface area contributed by atoms with Crippen LogP contribution in [-0.4, -0.2) is 16.2 Å². The minimum absolute atomic E-state index is 0. The lowest BCUT2D eigenvalue weighted by Crippen LogP contribution is -2.19. The molecule has 0 fully saturated rings. The number of aromatic hydroxyl groups is 1. The molecule has 130 valence electrons. The molecule has 0 aliphatic carbocycles. The Balaban J connectivity index is 0.00000484. The van der Waals surface area contributed by atoms with Gasteiger partial charge in [-0.3, -0.25) is 4.79 Å². The number of benzene rings is 1. The molecule has 1 aromatic rings. The van der Waals surface area contributed by atoms with Crippen LogP contribution in [0.3, 0.4) is 0 Å². The number of carbonyl (C=O) groups is 1. The Morgan fingerprint density at radius 2 is 1.43 bits per heavy atom. The van der Waals surface area contributed by atoms with Gasteiger partial charge in [0.1, 0.15) is 5.75 Å². The SMILES string of the molecule is C.CC=CC(C(=O)O)c1cc(C(C)(C)C)c(O)c(C(C)(C)C)c1. The molecule has 0 amide bonds. The van der Waals surface area contributed by atoms with Crippen molar-refractivity contribution in [3.05, 3.63) is 41.0 Å². The fourth-order valence-corrected chi connectivity index (χ4v) is 2.51. The smallest absolute Gasteiger partial charge is 0.314 e. The first-order valence-electron chi connectivity index (χ1n) is 7.63. The maximum atomic E-state index is 11.6. The van der Waals surface area contributed by atoms with Crippen molar-refractivity contribution in [2.75, 3.05) is 0 Å². The lowest BCUT2D eigenvalue weighted by atomic mass is 9.77. The fourth-order valence-electron chi connectivity index (χ4n) is 2.51. The maximum absolute atomic E-state index is 11.6. The van der Waals surface area contributed by atoms with Gasteiger partial charge in [0, 0.05) is 0 Å². The first-order valence-corrected chi connectivity index (χ1v) is 7.63. The number of rotatable bonds is 3. The van der Waals surface area contributed by atoms with Crippen molar-refractivity contribution in [3.8, 4) is 5.75 Å². The van der Waals surface area contributed by atoms with Crippen LogP contribution >= 0.6 is 0 Å². The molecule has 0 saturated heterocycles. The topological polar surface area (TPSA) is 57.5 Å². The van der Waals surface area contributed by atoms with Crippen molar-refractivity contribution in [3.63, 3.8) is 0 Å². The average molecular weight is 320 g/mol. The molecule has 0 saturated carbocycles. The third-order valence-electron chi connectivity index (χ3n) is 3.76. The number of hydrogen-bond donors (Lipinski definition) is 2. The average Bonchev–Trinajstić information content (AvgIpc) is 2.33. The number of aliphatic carboxylic acids is 1. The lowest BCUT2D eigenvalue weighted by Gasteiger charge is -2.29. The van der Waals surface area contributed by atoms with E-state index in [0.29, 0.717) is 5.56 Å². The minimum Gasteiger partial charge on any atom is -0.507 e. The largest absolute Gasteiger partial charge is 0.507 e. The van der Waals surface area contributed by atoms with Gasteiger partial charge in [-0.15, -0.1) is 0 Å². The molecule has 1 atom stereocenters. The van der Waals surface area contributed by atoms with Crippen molar-refractivity contribution < 1.29 is 15.0 Å². The molecule has 23 heavy (non-hydrogen) atoms. The summed E-state index contributed by atoms with van der Waals surface area (Å²) >= 11 is 0. The zero-order chi connectivity index (χ0) is 17.3. The van der Waals surface area contributed by atoms with Crippen LogP contribution in [0, 0.1) is 0 Å². The number of carboxylic acids is 1. The highest BCUT2D eigenvalue weighted by Crippen LogP contribution is 2.41. The van der Waals surface area contributed by atoms with Crippen LogP contribution in [0.25, 0.3) is 0 Å². The molecule has 1 unspecified atom stereocenters. The first-order chi connectivity index (χ1) is 9.89. The molecule has 0 bridgehead atoms. The van der Waals surface area contributed by atoms with Gasteiger partial charge in [0.15, 0.2) is 0 Å². The first kappa shape index (κ1) is 21.2. The van der Waals surface area contributed by atoms with Crippen LogP contribution in [0.4, 0.5) is 0 Å².